The average Bonchev–Trinajstić information content (AvgIpc) is 3.72. The van der Waals surface area contributed by atoms with E-state index >= 15 is 0 Å². The van der Waals surface area contributed by atoms with Crippen molar-refractivity contribution in [1.29, 1.82) is 0 Å². The zero-order valence-corrected chi connectivity index (χ0v) is 27.5. The average molecular weight is 633 g/mol. The fourth-order valence-electron chi connectivity index (χ4n) is 8.22. The lowest BCUT2D eigenvalue weighted by Gasteiger charge is -2.18. The first-order valence-corrected chi connectivity index (χ1v) is 17.4. The molecule has 0 amide bonds. The van der Waals surface area contributed by atoms with E-state index in [1.54, 1.807) is 0 Å². The molecular weight excluding hydrogens is 601 g/mol. The summed E-state index contributed by atoms with van der Waals surface area (Å²) in [6, 6.07) is 68.8. The molecule has 0 heteroatoms. The van der Waals surface area contributed by atoms with Crippen LogP contribution in [0.25, 0.3) is 72.2 Å². The lowest BCUT2D eigenvalue weighted by molar-refractivity contribution is 1.54. The SMILES string of the molecule is C1=C2C(=C(c3ccccc3)C(c3cccc4ccccc34)=C2c2cccc3ccccc23)c2cc(-c3ccccc3)c(-c3ccccc3)cc21. The molecule has 2 aliphatic rings. The molecule has 0 saturated heterocycles. The van der Waals surface area contributed by atoms with Crippen LogP contribution in [0.2, 0.25) is 0 Å². The summed E-state index contributed by atoms with van der Waals surface area (Å²) in [5.74, 6) is 0. The number of rotatable bonds is 5. The fourth-order valence-corrected chi connectivity index (χ4v) is 8.22. The Hall–Kier alpha value is -6.50. The van der Waals surface area contributed by atoms with E-state index in [-0.39, 0.29) is 0 Å². The Labute approximate surface area is 292 Å². The molecule has 0 heterocycles. The molecule has 232 valence electrons. The zero-order valence-electron chi connectivity index (χ0n) is 27.5. The smallest absolute Gasteiger partial charge is 0.000763 e. The van der Waals surface area contributed by atoms with E-state index in [4.69, 9.17) is 0 Å². The van der Waals surface area contributed by atoms with Crippen LogP contribution in [0.15, 0.2) is 194 Å². The second-order valence-electron chi connectivity index (χ2n) is 13.2. The van der Waals surface area contributed by atoms with Crippen molar-refractivity contribution in [3.05, 3.63) is 221 Å². The second kappa shape index (κ2) is 11.6. The van der Waals surface area contributed by atoms with Gasteiger partial charge in [-0.3, -0.25) is 0 Å². The Morgan fingerprint density at radius 1 is 0.260 bits per heavy atom. The van der Waals surface area contributed by atoms with Crippen LogP contribution in [0.5, 0.6) is 0 Å². The van der Waals surface area contributed by atoms with Crippen LogP contribution in [-0.2, 0) is 0 Å². The van der Waals surface area contributed by atoms with Crippen LogP contribution in [0.1, 0.15) is 27.8 Å². The van der Waals surface area contributed by atoms with E-state index in [1.807, 2.05) is 0 Å². The number of hydrogen-bond donors (Lipinski definition) is 0. The Morgan fingerprint density at radius 3 is 1.28 bits per heavy atom. The first-order chi connectivity index (χ1) is 24.8. The van der Waals surface area contributed by atoms with E-state index in [9.17, 15) is 0 Å². The van der Waals surface area contributed by atoms with Crippen LogP contribution in [0.4, 0.5) is 0 Å². The highest BCUT2D eigenvalue weighted by Gasteiger charge is 2.37. The van der Waals surface area contributed by atoms with Gasteiger partial charge in [0.2, 0.25) is 0 Å². The van der Waals surface area contributed by atoms with Gasteiger partial charge in [-0.25, -0.2) is 0 Å². The number of benzene rings is 8. The van der Waals surface area contributed by atoms with E-state index < -0.39 is 0 Å². The third kappa shape index (κ3) is 4.46. The molecule has 0 bridgehead atoms. The largest absolute Gasteiger partial charge is 0.0622 e. The van der Waals surface area contributed by atoms with Gasteiger partial charge in [0.1, 0.15) is 0 Å². The van der Waals surface area contributed by atoms with Gasteiger partial charge in [-0.1, -0.05) is 176 Å². The van der Waals surface area contributed by atoms with E-state index in [0.29, 0.717) is 0 Å². The third-order valence-electron chi connectivity index (χ3n) is 10.4. The molecule has 50 heavy (non-hydrogen) atoms. The highest BCUT2D eigenvalue weighted by atomic mass is 14.4. The summed E-state index contributed by atoms with van der Waals surface area (Å²) in [7, 11) is 0. The zero-order chi connectivity index (χ0) is 33.0. The molecule has 2 aliphatic carbocycles. The summed E-state index contributed by atoms with van der Waals surface area (Å²) in [5.41, 5.74) is 17.7. The van der Waals surface area contributed by atoms with Gasteiger partial charge in [0.25, 0.3) is 0 Å². The van der Waals surface area contributed by atoms with Gasteiger partial charge >= 0.3 is 0 Å². The van der Waals surface area contributed by atoms with Crippen LogP contribution >= 0.6 is 0 Å². The maximum atomic E-state index is 2.46. The lowest BCUT2D eigenvalue weighted by atomic mass is 9.84. The van der Waals surface area contributed by atoms with Crippen LogP contribution in [0, 0.1) is 0 Å². The molecular formula is C50H32. The molecule has 0 unspecified atom stereocenters. The van der Waals surface area contributed by atoms with Crippen molar-refractivity contribution < 1.29 is 0 Å². The van der Waals surface area contributed by atoms with E-state index in [0.717, 1.165) is 0 Å². The molecule has 0 aromatic heterocycles. The molecule has 8 aromatic carbocycles. The van der Waals surface area contributed by atoms with Gasteiger partial charge in [0.15, 0.2) is 0 Å². The van der Waals surface area contributed by atoms with Gasteiger partial charge in [-0.05, 0) is 118 Å². The first-order valence-electron chi connectivity index (χ1n) is 17.4. The maximum Gasteiger partial charge on any atom is -0.000763 e. The summed E-state index contributed by atoms with van der Waals surface area (Å²) in [6.45, 7) is 0. The predicted molar refractivity (Wildman–Crippen MR) is 213 cm³/mol. The summed E-state index contributed by atoms with van der Waals surface area (Å²) in [6.07, 6.45) is 2.46. The number of fused-ring (bicyclic) bond motifs is 5. The second-order valence-corrected chi connectivity index (χ2v) is 13.2. The highest BCUT2D eigenvalue weighted by Crippen LogP contribution is 2.60. The molecule has 0 fully saturated rings. The van der Waals surface area contributed by atoms with Gasteiger partial charge < -0.3 is 0 Å². The molecule has 0 saturated carbocycles. The molecule has 10 rings (SSSR count). The minimum Gasteiger partial charge on any atom is -0.0622 e. The molecule has 0 radical (unpaired) electrons. The summed E-state index contributed by atoms with van der Waals surface area (Å²) in [4.78, 5) is 0. The van der Waals surface area contributed by atoms with Crippen LogP contribution in [0.3, 0.4) is 0 Å². The van der Waals surface area contributed by atoms with Crippen molar-refractivity contribution in [2.75, 3.05) is 0 Å². The molecule has 8 aromatic rings. The first kappa shape index (κ1) is 28.5. The normalized spacial score (nSPS) is 13.6. The summed E-state index contributed by atoms with van der Waals surface area (Å²) < 4.78 is 0. The number of hydrogen-bond acceptors (Lipinski definition) is 0. The van der Waals surface area contributed by atoms with Gasteiger partial charge in [0.05, 0.1) is 0 Å². The maximum absolute atomic E-state index is 2.46. The minimum atomic E-state index is 1.22. The molecule has 0 atom stereocenters. The summed E-state index contributed by atoms with van der Waals surface area (Å²) >= 11 is 0. The van der Waals surface area contributed by atoms with Crippen molar-refractivity contribution in [3.63, 3.8) is 0 Å². The Morgan fingerprint density at radius 2 is 0.700 bits per heavy atom. The number of allylic oxidation sites excluding steroid dienone is 5. The van der Waals surface area contributed by atoms with Gasteiger partial charge in [-0.2, -0.15) is 0 Å². The van der Waals surface area contributed by atoms with Crippen LogP contribution in [-0.4, -0.2) is 0 Å². The fraction of sp³-hybridized carbons (Fsp3) is 0. The van der Waals surface area contributed by atoms with Crippen molar-refractivity contribution >= 4 is 49.9 Å². The summed E-state index contributed by atoms with van der Waals surface area (Å²) in [5, 5.41) is 5.03. The Kier molecular flexibility index (Phi) is 6.60. The highest BCUT2D eigenvalue weighted by molar-refractivity contribution is 6.39. The van der Waals surface area contributed by atoms with Gasteiger partial charge in [-0.15, -0.1) is 0 Å². The monoisotopic (exact) mass is 632 g/mol. The molecule has 0 nitrogen and oxygen atoms in total. The van der Waals surface area contributed by atoms with Crippen molar-refractivity contribution in [2.45, 2.75) is 0 Å². The van der Waals surface area contributed by atoms with Crippen molar-refractivity contribution in [3.8, 4) is 22.3 Å². The molecule has 0 N–H and O–H groups in total. The Balaban J connectivity index is 1.35. The minimum absolute atomic E-state index is 1.22. The topological polar surface area (TPSA) is 0 Å². The molecule has 0 aliphatic heterocycles. The molecule has 0 spiro atoms. The van der Waals surface area contributed by atoms with Crippen molar-refractivity contribution in [1.82, 2.24) is 0 Å². The standard InChI is InChI=1S/C50H32/c1-4-16-35(17-5-1)43-30-38-31-46-48(41-28-14-24-33-20-10-12-26-39(33)41)50(42-29-15-25-34-21-11-13-27-40(34)42)47(37-22-8-3-9-23-37)49(46)45(38)32-44(43)36-18-6-2-7-19-36/h1-32H. The van der Waals surface area contributed by atoms with Crippen molar-refractivity contribution in [2.24, 2.45) is 0 Å². The Bertz CT molecular complexity index is 2700. The van der Waals surface area contributed by atoms with Crippen LogP contribution < -0.4 is 0 Å². The quantitative estimate of drug-likeness (QED) is 0.177. The predicted octanol–water partition coefficient (Wildman–Crippen LogP) is 13.3. The lowest BCUT2D eigenvalue weighted by Crippen LogP contribution is -1.96. The van der Waals surface area contributed by atoms with E-state index in [1.165, 1.54) is 99.5 Å². The van der Waals surface area contributed by atoms with E-state index in [2.05, 4.69) is 194 Å². The third-order valence-corrected chi connectivity index (χ3v) is 10.4. The van der Waals surface area contributed by atoms with Gasteiger partial charge in [0, 0.05) is 0 Å².